The van der Waals surface area contributed by atoms with Crippen molar-refractivity contribution in [1.82, 2.24) is 0 Å². The molecule has 18 heavy (non-hydrogen) atoms. The van der Waals surface area contributed by atoms with Gasteiger partial charge in [-0.2, -0.15) is 0 Å². The summed E-state index contributed by atoms with van der Waals surface area (Å²) in [7, 11) is 0. The zero-order valence-corrected chi connectivity index (χ0v) is 11.5. The molecule has 0 N–H and O–H groups in total. The smallest absolute Gasteiger partial charge is 0.330 e. The van der Waals surface area contributed by atoms with Gasteiger partial charge in [0, 0.05) is 12.0 Å². The highest BCUT2D eigenvalue weighted by Crippen LogP contribution is 2.59. The Hall–Kier alpha value is -0.790. The quantitative estimate of drug-likeness (QED) is 0.564. The molecule has 0 saturated heterocycles. The van der Waals surface area contributed by atoms with Crippen LogP contribution in [0.25, 0.3) is 0 Å². The summed E-state index contributed by atoms with van der Waals surface area (Å²) in [5, 5.41) is 0. The molecular weight excluding hydrogens is 224 g/mol. The van der Waals surface area contributed by atoms with E-state index < -0.39 is 0 Å². The molecule has 0 aliphatic heterocycles. The average molecular weight is 248 g/mol. The van der Waals surface area contributed by atoms with E-state index >= 15 is 0 Å². The fourth-order valence-corrected chi connectivity index (χ4v) is 5.43. The van der Waals surface area contributed by atoms with Gasteiger partial charge in [-0.25, -0.2) is 4.79 Å². The lowest BCUT2D eigenvalue weighted by molar-refractivity contribution is -0.175. The maximum Gasteiger partial charge on any atom is 0.330 e. The monoisotopic (exact) mass is 248 g/mol. The normalized spacial score (nSPS) is 41.8. The van der Waals surface area contributed by atoms with E-state index in [0.717, 1.165) is 23.7 Å². The van der Waals surface area contributed by atoms with E-state index in [1.54, 1.807) is 0 Å². The molecule has 0 spiro atoms. The predicted octanol–water partition coefficient (Wildman–Crippen LogP) is 3.57. The molecule has 0 aromatic carbocycles. The van der Waals surface area contributed by atoms with Gasteiger partial charge in [0.2, 0.25) is 0 Å². The number of hydrogen-bond donors (Lipinski definition) is 0. The van der Waals surface area contributed by atoms with Crippen LogP contribution in [0, 0.1) is 29.6 Å². The number of ether oxygens (including phenoxy) is 1. The second-order valence-electron chi connectivity index (χ2n) is 7.19. The van der Waals surface area contributed by atoms with Crippen LogP contribution in [0.4, 0.5) is 0 Å². The molecule has 4 aliphatic carbocycles. The van der Waals surface area contributed by atoms with Crippen molar-refractivity contribution in [2.75, 3.05) is 0 Å². The molecule has 0 atom stereocenters. The average Bonchev–Trinajstić information content (AvgIpc) is 2.26. The Kier molecular flexibility index (Phi) is 2.80. The van der Waals surface area contributed by atoms with Crippen LogP contribution in [-0.2, 0) is 9.53 Å². The zero-order valence-electron chi connectivity index (χ0n) is 11.5. The van der Waals surface area contributed by atoms with Gasteiger partial charge in [-0.3, -0.25) is 0 Å². The number of carbonyl (C=O) groups is 1. The molecule has 4 aliphatic rings. The first-order valence-corrected chi connectivity index (χ1v) is 7.35. The molecule has 2 heteroatoms. The minimum Gasteiger partial charge on any atom is -0.456 e. The standard InChI is InChI=1S/C16H24O2/c1-4-14(17)18-16(2,3)15-12-6-10-5-11(8-12)9-13(15)7-10/h4,10-13,15H,1,5-9H2,2-3H3. The molecule has 4 rings (SSSR count). The molecule has 4 fully saturated rings. The summed E-state index contributed by atoms with van der Waals surface area (Å²) >= 11 is 0. The van der Waals surface area contributed by atoms with Gasteiger partial charge in [-0.05, 0) is 69.6 Å². The van der Waals surface area contributed by atoms with Gasteiger partial charge in [0.05, 0.1) is 0 Å². The minimum atomic E-state index is -0.326. The first kappa shape index (κ1) is 12.3. The Labute approximate surface area is 110 Å². The van der Waals surface area contributed by atoms with E-state index in [1.165, 1.54) is 38.2 Å². The summed E-state index contributed by atoms with van der Waals surface area (Å²) in [6.07, 6.45) is 8.23. The van der Waals surface area contributed by atoms with Crippen LogP contribution < -0.4 is 0 Å². The molecule has 0 amide bonds. The van der Waals surface area contributed by atoms with E-state index in [9.17, 15) is 4.79 Å². The van der Waals surface area contributed by atoms with E-state index in [2.05, 4.69) is 20.4 Å². The van der Waals surface area contributed by atoms with Gasteiger partial charge in [0.15, 0.2) is 0 Å². The Bertz CT molecular complexity index is 341. The number of rotatable bonds is 3. The van der Waals surface area contributed by atoms with Crippen molar-refractivity contribution in [1.29, 1.82) is 0 Å². The first-order valence-electron chi connectivity index (χ1n) is 7.35. The van der Waals surface area contributed by atoms with Gasteiger partial charge in [0.1, 0.15) is 5.60 Å². The fraction of sp³-hybridized carbons (Fsp3) is 0.812. The van der Waals surface area contributed by atoms with Gasteiger partial charge >= 0.3 is 5.97 Å². The van der Waals surface area contributed by atoms with Crippen LogP contribution in [0.3, 0.4) is 0 Å². The predicted molar refractivity (Wildman–Crippen MR) is 70.9 cm³/mol. The topological polar surface area (TPSA) is 26.3 Å². The van der Waals surface area contributed by atoms with Crippen LogP contribution in [0.5, 0.6) is 0 Å². The molecule has 100 valence electrons. The van der Waals surface area contributed by atoms with Gasteiger partial charge in [-0.15, -0.1) is 0 Å². The van der Waals surface area contributed by atoms with Crippen LogP contribution in [0.15, 0.2) is 12.7 Å². The zero-order chi connectivity index (χ0) is 12.9. The lowest BCUT2D eigenvalue weighted by Crippen LogP contribution is -2.54. The van der Waals surface area contributed by atoms with Gasteiger partial charge in [0.25, 0.3) is 0 Å². The largest absolute Gasteiger partial charge is 0.456 e. The SMILES string of the molecule is C=CC(=O)OC(C)(C)C1C2CC3CC(C2)CC1C3. The second kappa shape index (κ2) is 4.11. The summed E-state index contributed by atoms with van der Waals surface area (Å²) in [5.74, 6) is 3.80. The highest BCUT2D eigenvalue weighted by molar-refractivity contribution is 5.81. The molecule has 0 unspecified atom stereocenters. The fourth-order valence-electron chi connectivity index (χ4n) is 5.43. The van der Waals surface area contributed by atoms with E-state index in [4.69, 9.17) is 4.74 Å². The maximum absolute atomic E-state index is 11.5. The van der Waals surface area contributed by atoms with Crippen molar-refractivity contribution in [2.24, 2.45) is 29.6 Å². The van der Waals surface area contributed by atoms with E-state index in [-0.39, 0.29) is 11.6 Å². The minimum absolute atomic E-state index is 0.270. The Balaban J connectivity index is 1.79. The van der Waals surface area contributed by atoms with Crippen LogP contribution in [-0.4, -0.2) is 11.6 Å². The maximum atomic E-state index is 11.5. The van der Waals surface area contributed by atoms with Crippen molar-refractivity contribution in [3.8, 4) is 0 Å². The third kappa shape index (κ3) is 1.90. The molecule has 0 heterocycles. The van der Waals surface area contributed by atoms with Crippen molar-refractivity contribution < 1.29 is 9.53 Å². The lowest BCUT2D eigenvalue weighted by Gasteiger charge is -2.58. The summed E-state index contributed by atoms with van der Waals surface area (Å²) < 4.78 is 5.66. The molecule has 0 radical (unpaired) electrons. The van der Waals surface area contributed by atoms with Crippen LogP contribution in [0.1, 0.15) is 46.0 Å². The third-order valence-corrected chi connectivity index (χ3v) is 5.56. The van der Waals surface area contributed by atoms with Crippen molar-refractivity contribution in [3.63, 3.8) is 0 Å². The molecule has 0 aromatic heterocycles. The summed E-state index contributed by atoms with van der Waals surface area (Å²) in [4.78, 5) is 11.5. The summed E-state index contributed by atoms with van der Waals surface area (Å²) in [6, 6.07) is 0. The van der Waals surface area contributed by atoms with Crippen molar-refractivity contribution >= 4 is 5.97 Å². The Morgan fingerprint density at radius 1 is 1.11 bits per heavy atom. The Morgan fingerprint density at radius 2 is 1.61 bits per heavy atom. The van der Waals surface area contributed by atoms with Gasteiger partial charge < -0.3 is 4.74 Å². The number of hydrogen-bond acceptors (Lipinski definition) is 2. The van der Waals surface area contributed by atoms with Crippen molar-refractivity contribution in [3.05, 3.63) is 12.7 Å². The van der Waals surface area contributed by atoms with Crippen LogP contribution >= 0.6 is 0 Å². The first-order chi connectivity index (χ1) is 8.49. The molecule has 0 aromatic rings. The summed E-state index contributed by atoms with van der Waals surface area (Å²) in [6.45, 7) is 7.70. The van der Waals surface area contributed by atoms with E-state index in [0.29, 0.717) is 5.92 Å². The second-order valence-corrected chi connectivity index (χ2v) is 7.19. The van der Waals surface area contributed by atoms with Gasteiger partial charge in [-0.1, -0.05) is 6.58 Å². The lowest BCUT2D eigenvalue weighted by atomic mass is 9.49. The molecule has 4 saturated carbocycles. The van der Waals surface area contributed by atoms with E-state index in [1.807, 2.05) is 0 Å². The molecular formula is C16H24O2. The third-order valence-electron chi connectivity index (χ3n) is 5.56. The van der Waals surface area contributed by atoms with Crippen molar-refractivity contribution in [2.45, 2.75) is 51.6 Å². The number of carbonyl (C=O) groups excluding carboxylic acids is 1. The van der Waals surface area contributed by atoms with Crippen LogP contribution in [0.2, 0.25) is 0 Å². The number of esters is 1. The molecule has 4 bridgehead atoms. The highest BCUT2D eigenvalue weighted by Gasteiger charge is 2.54. The molecule has 2 nitrogen and oxygen atoms in total. The summed E-state index contributed by atoms with van der Waals surface area (Å²) in [5.41, 5.74) is -0.326. The highest BCUT2D eigenvalue weighted by atomic mass is 16.6. The Morgan fingerprint density at radius 3 is 2.06 bits per heavy atom.